The van der Waals surface area contributed by atoms with Crippen molar-refractivity contribution >= 4 is 45.5 Å². The molecule has 1 aliphatic rings. The first kappa shape index (κ1) is 18.7. The van der Waals surface area contributed by atoms with E-state index in [1.54, 1.807) is 31.6 Å². The van der Waals surface area contributed by atoms with E-state index < -0.39 is 0 Å². The number of ether oxygens (including phenoxy) is 2. The van der Waals surface area contributed by atoms with E-state index in [1.165, 1.54) is 11.9 Å². The summed E-state index contributed by atoms with van der Waals surface area (Å²) in [6.45, 7) is 1.50. The number of rotatable bonds is 4. The molecule has 0 fully saturated rings. The van der Waals surface area contributed by atoms with Gasteiger partial charge in [0.05, 0.1) is 30.9 Å². The van der Waals surface area contributed by atoms with E-state index in [0.717, 1.165) is 21.5 Å². The minimum Gasteiger partial charge on any atom is -0.497 e. The molecule has 0 spiro atoms. The molecule has 6 nitrogen and oxygen atoms in total. The van der Waals surface area contributed by atoms with E-state index in [1.807, 2.05) is 29.6 Å². The Bertz CT molecular complexity index is 1080. The number of thiophene rings is 1. The van der Waals surface area contributed by atoms with Crippen LogP contribution < -0.4 is 9.47 Å². The maximum absolute atomic E-state index is 12.2. The second-order valence-electron chi connectivity index (χ2n) is 6.38. The summed E-state index contributed by atoms with van der Waals surface area (Å²) in [6, 6.07) is 9.23. The van der Waals surface area contributed by atoms with Crippen LogP contribution in [-0.4, -0.2) is 35.8 Å². The normalized spacial score (nSPS) is 16.4. The van der Waals surface area contributed by atoms with Crippen LogP contribution in [0, 0.1) is 0 Å². The van der Waals surface area contributed by atoms with Gasteiger partial charge >= 0.3 is 0 Å². The van der Waals surface area contributed by atoms with Crippen molar-refractivity contribution in [1.82, 2.24) is 9.99 Å². The van der Waals surface area contributed by atoms with Gasteiger partial charge < -0.3 is 9.47 Å². The smallest absolute Gasteiger partial charge is 0.240 e. The highest BCUT2D eigenvalue weighted by Crippen LogP contribution is 2.39. The number of carbonyl (C=O) groups is 1. The average molecular weight is 416 g/mol. The number of nitrogens with zero attached hydrogens (tertiary/aromatic N) is 3. The quantitative estimate of drug-likeness (QED) is 0.581. The first-order valence-electron chi connectivity index (χ1n) is 8.65. The highest BCUT2D eigenvalue weighted by molar-refractivity contribution is 7.12. The number of hydrazone groups is 1. The van der Waals surface area contributed by atoms with Crippen LogP contribution in [0.5, 0.6) is 11.5 Å². The molecule has 1 aromatic carbocycles. The Morgan fingerprint density at radius 1 is 1.29 bits per heavy atom. The summed E-state index contributed by atoms with van der Waals surface area (Å²) >= 11 is 8.14. The van der Waals surface area contributed by atoms with Gasteiger partial charge in [-0.25, -0.2) is 9.99 Å². The summed E-state index contributed by atoms with van der Waals surface area (Å²) in [6.07, 6.45) is 0.577. The van der Waals surface area contributed by atoms with Crippen molar-refractivity contribution in [1.29, 1.82) is 0 Å². The molecule has 4 rings (SSSR count). The van der Waals surface area contributed by atoms with Crippen LogP contribution in [-0.2, 0) is 4.79 Å². The van der Waals surface area contributed by atoms with Gasteiger partial charge in [0.2, 0.25) is 5.91 Å². The standard InChI is InChI=1S/C20H18ClN3O3S/c1-11(25)24-16(10-15(23-24)18-5-4-6-28-18)14-8-12-7-13(26-2)9-17(27-3)19(12)22-20(14)21/h4-9,16H,10H2,1-3H3/t16-/m0/s1. The van der Waals surface area contributed by atoms with E-state index in [-0.39, 0.29) is 11.9 Å². The lowest BCUT2D eigenvalue weighted by atomic mass is 10.0. The van der Waals surface area contributed by atoms with Gasteiger partial charge in [0.25, 0.3) is 0 Å². The van der Waals surface area contributed by atoms with Gasteiger partial charge in [-0.15, -0.1) is 11.3 Å². The van der Waals surface area contributed by atoms with E-state index >= 15 is 0 Å². The van der Waals surface area contributed by atoms with Crippen LogP contribution in [0.3, 0.4) is 0 Å². The summed E-state index contributed by atoms with van der Waals surface area (Å²) < 4.78 is 10.8. The number of fused-ring (bicyclic) bond motifs is 1. The molecular formula is C20H18ClN3O3S. The molecule has 3 aromatic rings. The van der Waals surface area contributed by atoms with Crippen molar-refractivity contribution in [3.63, 3.8) is 0 Å². The molecule has 3 heterocycles. The van der Waals surface area contributed by atoms with Crippen LogP contribution in [0.1, 0.15) is 29.8 Å². The number of methoxy groups -OCH3 is 2. The predicted octanol–water partition coefficient (Wildman–Crippen LogP) is 4.66. The molecule has 1 atom stereocenters. The lowest BCUT2D eigenvalue weighted by Crippen LogP contribution is -2.24. The third kappa shape index (κ3) is 3.21. The molecule has 0 radical (unpaired) electrons. The number of amides is 1. The number of aromatic nitrogens is 1. The molecule has 0 saturated carbocycles. The van der Waals surface area contributed by atoms with Gasteiger partial charge in [0.15, 0.2) is 0 Å². The number of hydrogen-bond acceptors (Lipinski definition) is 6. The number of carbonyl (C=O) groups excluding carboxylic acids is 1. The van der Waals surface area contributed by atoms with Crippen LogP contribution in [0.2, 0.25) is 5.15 Å². The highest BCUT2D eigenvalue weighted by atomic mass is 35.5. The number of pyridine rings is 1. The highest BCUT2D eigenvalue weighted by Gasteiger charge is 2.33. The first-order chi connectivity index (χ1) is 13.5. The SMILES string of the molecule is COc1cc(OC)c2nc(Cl)c([C@@H]3CC(c4cccs4)=NN3C(C)=O)cc2c1. The number of benzene rings is 1. The molecule has 0 saturated heterocycles. The predicted molar refractivity (Wildman–Crippen MR) is 111 cm³/mol. The summed E-state index contributed by atoms with van der Waals surface area (Å²) in [4.78, 5) is 17.8. The Morgan fingerprint density at radius 2 is 2.11 bits per heavy atom. The molecule has 1 aliphatic heterocycles. The number of hydrogen-bond donors (Lipinski definition) is 0. The molecule has 0 unspecified atom stereocenters. The van der Waals surface area contributed by atoms with Crippen LogP contribution >= 0.6 is 22.9 Å². The topological polar surface area (TPSA) is 64.0 Å². The lowest BCUT2D eigenvalue weighted by Gasteiger charge is -2.22. The van der Waals surface area contributed by atoms with Gasteiger partial charge in [-0.3, -0.25) is 4.79 Å². The Hall–Kier alpha value is -2.64. The summed E-state index contributed by atoms with van der Waals surface area (Å²) in [5.41, 5.74) is 2.26. The fraction of sp³-hybridized carbons (Fsp3) is 0.250. The Balaban J connectivity index is 1.81. The van der Waals surface area contributed by atoms with Gasteiger partial charge in [-0.1, -0.05) is 17.7 Å². The maximum Gasteiger partial charge on any atom is 0.240 e. The largest absolute Gasteiger partial charge is 0.497 e. The van der Waals surface area contributed by atoms with Gasteiger partial charge in [0, 0.05) is 30.4 Å². The Kier molecular flexibility index (Phi) is 4.95. The zero-order valence-corrected chi connectivity index (χ0v) is 17.2. The molecule has 0 N–H and O–H groups in total. The molecule has 2 aromatic heterocycles. The lowest BCUT2D eigenvalue weighted by molar-refractivity contribution is -0.130. The number of halogens is 1. The van der Waals surface area contributed by atoms with Crippen molar-refractivity contribution in [3.05, 3.63) is 51.3 Å². The summed E-state index contributed by atoms with van der Waals surface area (Å²) in [7, 11) is 3.17. The summed E-state index contributed by atoms with van der Waals surface area (Å²) in [5, 5.41) is 9.18. The summed E-state index contributed by atoms with van der Waals surface area (Å²) in [5.74, 6) is 1.09. The molecule has 8 heteroatoms. The first-order valence-corrected chi connectivity index (χ1v) is 9.91. The fourth-order valence-corrected chi connectivity index (χ4v) is 4.35. The van der Waals surface area contributed by atoms with Gasteiger partial charge in [0.1, 0.15) is 22.2 Å². The zero-order chi connectivity index (χ0) is 19.8. The van der Waals surface area contributed by atoms with E-state index in [9.17, 15) is 4.79 Å². The van der Waals surface area contributed by atoms with E-state index in [4.69, 9.17) is 21.1 Å². The van der Waals surface area contributed by atoms with E-state index in [2.05, 4.69) is 10.1 Å². The van der Waals surface area contributed by atoms with Crippen molar-refractivity contribution < 1.29 is 14.3 Å². The zero-order valence-electron chi connectivity index (χ0n) is 15.6. The van der Waals surface area contributed by atoms with Crippen molar-refractivity contribution in [3.8, 4) is 11.5 Å². The van der Waals surface area contributed by atoms with Gasteiger partial charge in [-0.2, -0.15) is 5.10 Å². The minimum absolute atomic E-state index is 0.143. The molecule has 0 bridgehead atoms. The average Bonchev–Trinajstić information content (AvgIpc) is 3.36. The third-order valence-electron chi connectivity index (χ3n) is 4.69. The third-order valence-corrected chi connectivity index (χ3v) is 5.91. The van der Waals surface area contributed by atoms with Crippen molar-refractivity contribution in [2.24, 2.45) is 5.10 Å². The monoisotopic (exact) mass is 415 g/mol. The van der Waals surface area contributed by atoms with Crippen LogP contribution in [0.15, 0.2) is 40.8 Å². The molecule has 144 valence electrons. The van der Waals surface area contributed by atoms with Gasteiger partial charge in [-0.05, 0) is 23.6 Å². The molecule has 1 amide bonds. The minimum atomic E-state index is -0.309. The Morgan fingerprint density at radius 3 is 2.75 bits per heavy atom. The molecular weight excluding hydrogens is 398 g/mol. The second kappa shape index (κ2) is 7.41. The molecule has 28 heavy (non-hydrogen) atoms. The fourth-order valence-electron chi connectivity index (χ4n) is 3.36. The maximum atomic E-state index is 12.2. The second-order valence-corrected chi connectivity index (χ2v) is 7.68. The van der Waals surface area contributed by atoms with Crippen molar-refractivity contribution in [2.75, 3.05) is 14.2 Å². The Labute approximate surface area is 171 Å². The molecule has 0 aliphatic carbocycles. The van der Waals surface area contributed by atoms with Crippen LogP contribution in [0.4, 0.5) is 0 Å². The van der Waals surface area contributed by atoms with Crippen LogP contribution in [0.25, 0.3) is 10.9 Å². The van der Waals surface area contributed by atoms with E-state index in [0.29, 0.717) is 28.6 Å². The van der Waals surface area contributed by atoms with Crippen molar-refractivity contribution in [2.45, 2.75) is 19.4 Å².